The molecule has 0 saturated carbocycles. The van der Waals surface area contributed by atoms with Crippen molar-refractivity contribution in [3.8, 4) is 17.9 Å². The lowest BCUT2D eigenvalue weighted by atomic mass is 10.1. The summed E-state index contributed by atoms with van der Waals surface area (Å²) in [5, 5.41) is 8.80. The second-order valence-corrected chi connectivity index (χ2v) is 3.20. The predicted octanol–water partition coefficient (Wildman–Crippen LogP) is 1.47. The first kappa shape index (κ1) is 10.3. The summed E-state index contributed by atoms with van der Waals surface area (Å²) in [4.78, 5) is 1.99. The summed E-state index contributed by atoms with van der Waals surface area (Å²) < 4.78 is 0. The number of rotatable bonds is 1. The molecule has 0 N–H and O–H groups in total. The third-order valence-electron chi connectivity index (χ3n) is 1.67. The van der Waals surface area contributed by atoms with Gasteiger partial charge in [0.25, 0.3) is 0 Å². The minimum atomic E-state index is 0.638. The fraction of sp³-hybridized carbons (Fsp3) is 0.250. The Morgan fingerprint density at radius 3 is 2.43 bits per heavy atom. The smallest absolute Gasteiger partial charge is 0.100 e. The Labute approximate surface area is 84.8 Å². The second-order valence-electron chi connectivity index (χ2n) is 3.20. The Morgan fingerprint density at radius 2 is 1.86 bits per heavy atom. The molecule has 0 unspecified atom stereocenters. The topological polar surface area (TPSA) is 27.0 Å². The SMILES string of the molecule is CN(C)CC#Cc1ccccc1C#N. The van der Waals surface area contributed by atoms with Crippen LogP contribution in [0.15, 0.2) is 24.3 Å². The van der Waals surface area contributed by atoms with Crippen LogP contribution in [0.3, 0.4) is 0 Å². The van der Waals surface area contributed by atoms with E-state index in [1.54, 1.807) is 6.07 Å². The summed E-state index contributed by atoms with van der Waals surface area (Å²) >= 11 is 0. The summed E-state index contributed by atoms with van der Waals surface area (Å²) in [5.74, 6) is 5.98. The van der Waals surface area contributed by atoms with Gasteiger partial charge in [-0.05, 0) is 26.2 Å². The molecule has 1 aromatic carbocycles. The van der Waals surface area contributed by atoms with Crippen LogP contribution < -0.4 is 0 Å². The van der Waals surface area contributed by atoms with E-state index in [0.717, 1.165) is 5.56 Å². The molecule has 1 aromatic rings. The van der Waals surface area contributed by atoms with E-state index >= 15 is 0 Å². The Balaban J connectivity index is 2.85. The highest BCUT2D eigenvalue weighted by Gasteiger charge is 1.94. The van der Waals surface area contributed by atoms with Gasteiger partial charge in [0.2, 0.25) is 0 Å². The molecule has 0 fully saturated rings. The van der Waals surface area contributed by atoms with Crippen molar-refractivity contribution >= 4 is 0 Å². The lowest BCUT2D eigenvalue weighted by Crippen LogP contribution is -2.10. The number of nitrogens with zero attached hydrogens (tertiary/aromatic N) is 2. The summed E-state index contributed by atoms with van der Waals surface area (Å²) in [5.41, 5.74) is 1.44. The van der Waals surface area contributed by atoms with Crippen LogP contribution in [0, 0.1) is 23.2 Å². The maximum atomic E-state index is 8.80. The van der Waals surface area contributed by atoms with E-state index in [-0.39, 0.29) is 0 Å². The molecule has 0 saturated heterocycles. The van der Waals surface area contributed by atoms with Crippen molar-refractivity contribution in [2.75, 3.05) is 20.6 Å². The van der Waals surface area contributed by atoms with Gasteiger partial charge >= 0.3 is 0 Å². The predicted molar refractivity (Wildman–Crippen MR) is 56.6 cm³/mol. The molecular formula is C12H12N2. The quantitative estimate of drug-likeness (QED) is 0.618. The van der Waals surface area contributed by atoms with Crippen LogP contribution >= 0.6 is 0 Å². The molecule has 0 atom stereocenters. The van der Waals surface area contributed by atoms with Gasteiger partial charge in [0.05, 0.1) is 12.1 Å². The molecule has 0 aliphatic heterocycles. The maximum Gasteiger partial charge on any atom is 0.100 e. The molecule has 0 bridgehead atoms. The standard InChI is InChI=1S/C12H12N2/c1-14(2)9-5-8-11-6-3-4-7-12(11)10-13/h3-4,6-7H,9H2,1-2H3. The molecule has 0 heterocycles. The average Bonchev–Trinajstić information content (AvgIpc) is 2.18. The molecule has 1 rings (SSSR count). The van der Waals surface area contributed by atoms with Crippen LogP contribution in [0.5, 0.6) is 0 Å². The van der Waals surface area contributed by atoms with Gasteiger partial charge in [-0.1, -0.05) is 24.0 Å². The van der Waals surface area contributed by atoms with Crippen molar-refractivity contribution in [2.24, 2.45) is 0 Å². The number of hydrogen-bond acceptors (Lipinski definition) is 2. The Hall–Kier alpha value is -1.77. The fourth-order valence-corrected chi connectivity index (χ4v) is 0.982. The normalized spacial score (nSPS) is 9.00. The van der Waals surface area contributed by atoms with Gasteiger partial charge in [0.15, 0.2) is 0 Å². The molecule has 0 radical (unpaired) electrons. The van der Waals surface area contributed by atoms with Gasteiger partial charge in [0.1, 0.15) is 6.07 Å². The zero-order chi connectivity index (χ0) is 10.4. The van der Waals surface area contributed by atoms with Gasteiger partial charge in [-0.3, -0.25) is 4.90 Å². The third-order valence-corrected chi connectivity index (χ3v) is 1.67. The summed E-state index contributed by atoms with van der Waals surface area (Å²) in [6.45, 7) is 0.708. The largest absolute Gasteiger partial charge is 0.299 e. The Morgan fingerprint density at radius 1 is 1.21 bits per heavy atom. The van der Waals surface area contributed by atoms with Crippen molar-refractivity contribution in [1.82, 2.24) is 4.90 Å². The van der Waals surface area contributed by atoms with Gasteiger partial charge in [-0.15, -0.1) is 0 Å². The molecule has 0 amide bonds. The van der Waals surface area contributed by atoms with Gasteiger partial charge in [-0.25, -0.2) is 0 Å². The minimum Gasteiger partial charge on any atom is -0.299 e. The first-order chi connectivity index (χ1) is 6.74. The summed E-state index contributed by atoms with van der Waals surface area (Å²) in [6.07, 6.45) is 0. The van der Waals surface area contributed by atoms with Crippen LogP contribution in [0.2, 0.25) is 0 Å². The van der Waals surface area contributed by atoms with E-state index in [4.69, 9.17) is 5.26 Å². The van der Waals surface area contributed by atoms with Gasteiger partial charge < -0.3 is 0 Å². The molecule has 2 heteroatoms. The van der Waals surface area contributed by atoms with Crippen molar-refractivity contribution < 1.29 is 0 Å². The van der Waals surface area contributed by atoms with Crippen molar-refractivity contribution in [3.63, 3.8) is 0 Å². The zero-order valence-corrected chi connectivity index (χ0v) is 8.41. The highest BCUT2D eigenvalue weighted by atomic mass is 15.0. The molecule has 0 aliphatic rings. The van der Waals surface area contributed by atoms with E-state index in [9.17, 15) is 0 Å². The lowest BCUT2D eigenvalue weighted by molar-refractivity contribution is 0.464. The Bertz CT molecular complexity index is 402. The van der Waals surface area contributed by atoms with Crippen LogP contribution in [-0.2, 0) is 0 Å². The fourth-order valence-electron chi connectivity index (χ4n) is 0.982. The van der Waals surface area contributed by atoms with E-state index < -0.39 is 0 Å². The van der Waals surface area contributed by atoms with E-state index in [1.807, 2.05) is 37.2 Å². The van der Waals surface area contributed by atoms with Crippen molar-refractivity contribution in [2.45, 2.75) is 0 Å². The molecule has 70 valence electrons. The second kappa shape index (κ2) is 5.07. The van der Waals surface area contributed by atoms with E-state index in [1.165, 1.54) is 0 Å². The van der Waals surface area contributed by atoms with Crippen LogP contribution in [-0.4, -0.2) is 25.5 Å². The lowest BCUT2D eigenvalue weighted by Gasteiger charge is -2.01. The number of benzene rings is 1. The van der Waals surface area contributed by atoms with Crippen molar-refractivity contribution in [1.29, 1.82) is 5.26 Å². The first-order valence-electron chi connectivity index (χ1n) is 4.37. The maximum absolute atomic E-state index is 8.80. The molecular weight excluding hydrogens is 172 g/mol. The first-order valence-corrected chi connectivity index (χ1v) is 4.37. The molecule has 14 heavy (non-hydrogen) atoms. The number of nitriles is 1. The molecule has 0 aliphatic carbocycles. The van der Waals surface area contributed by atoms with Gasteiger partial charge in [0, 0.05) is 5.56 Å². The highest BCUT2D eigenvalue weighted by Crippen LogP contribution is 2.04. The summed E-state index contributed by atoms with van der Waals surface area (Å²) in [6, 6.07) is 9.49. The number of hydrogen-bond donors (Lipinski definition) is 0. The van der Waals surface area contributed by atoms with Crippen LogP contribution in [0.25, 0.3) is 0 Å². The molecule has 2 nitrogen and oxygen atoms in total. The summed E-state index contributed by atoms with van der Waals surface area (Å²) in [7, 11) is 3.93. The Kier molecular flexibility index (Phi) is 3.73. The monoisotopic (exact) mass is 184 g/mol. The zero-order valence-electron chi connectivity index (χ0n) is 8.41. The van der Waals surface area contributed by atoms with Crippen molar-refractivity contribution in [3.05, 3.63) is 35.4 Å². The van der Waals surface area contributed by atoms with E-state index in [0.29, 0.717) is 12.1 Å². The van der Waals surface area contributed by atoms with Gasteiger partial charge in [-0.2, -0.15) is 5.26 Å². The highest BCUT2D eigenvalue weighted by molar-refractivity contribution is 5.47. The minimum absolute atomic E-state index is 0.638. The van der Waals surface area contributed by atoms with Crippen LogP contribution in [0.4, 0.5) is 0 Å². The van der Waals surface area contributed by atoms with Crippen LogP contribution in [0.1, 0.15) is 11.1 Å². The average molecular weight is 184 g/mol. The van der Waals surface area contributed by atoms with E-state index in [2.05, 4.69) is 17.9 Å². The third kappa shape index (κ3) is 2.94. The molecule has 0 spiro atoms. The molecule has 0 aromatic heterocycles.